The number of aldehydes is 1. The third-order valence-corrected chi connectivity index (χ3v) is 3.71. The summed E-state index contributed by atoms with van der Waals surface area (Å²) in [7, 11) is 0. The smallest absolute Gasteiger partial charge is 0.150 e. The first kappa shape index (κ1) is 16.8. The van der Waals surface area contributed by atoms with E-state index in [1.54, 1.807) is 30.3 Å². The van der Waals surface area contributed by atoms with Crippen LogP contribution in [0.25, 0.3) is 11.1 Å². The molecule has 0 radical (unpaired) electrons. The van der Waals surface area contributed by atoms with Crippen LogP contribution in [0.5, 0.6) is 5.75 Å². The summed E-state index contributed by atoms with van der Waals surface area (Å²) in [6.07, 6.45) is 0.709. The molecule has 2 nitrogen and oxygen atoms in total. The molecule has 0 aliphatic heterocycles. The highest BCUT2D eigenvalue weighted by atomic mass is 19.1. The van der Waals surface area contributed by atoms with Crippen molar-refractivity contribution in [3.63, 3.8) is 0 Å². The molecule has 3 rings (SSSR count). The van der Waals surface area contributed by atoms with Crippen molar-refractivity contribution in [3.05, 3.63) is 89.2 Å². The van der Waals surface area contributed by atoms with Gasteiger partial charge in [-0.05, 0) is 42.5 Å². The van der Waals surface area contributed by atoms with Gasteiger partial charge in [0, 0.05) is 22.3 Å². The minimum atomic E-state index is -0.706. The molecule has 0 fully saturated rings. The molecule has 3 aromatic rings. The van der Waals surface area contributed by atoms with Gasteiger partial charge in [0.05, 0.1) is 0 Å². The third kappa shape index (κ3) is 3.71. The zero-order chi connectivity index (χ0) is 17.8. The summed E-state index contributed by atoms with van der Waals surface area (Å²) in [5.41, 5.74) is 0.534. The summed E-state index contributed by atoms with van der Waals surface area (Å²) in [6.45, 7) is -0.0863. The number of carbonyl (C=O) groups excluding carboxylic acids is 1. The Bertz CT molecular complexity index is 905. The fraction of sp³-hybridized carbons (Fsp3) is 0.0500. The van der Waals surface area contributed by atoms with Crippen molar-refractivity contribution in [2.24, 2.45) is 0 Å². The van der Waals surface area contributed by atoms with Gasteiger partial charge in [-0.25, -0.2) is 13.2 Å². The first-order chi connectivity index (χ1) is 12.1. The molecule has 0 amide bonds. The van der Waals surface area contributed by atoms with Crippen molar-refractivity contribution in [2.75, 3.05) is 0 Å². The maximum absolute atomic E-state index is 14.7. The van der Waals surface area contributed by atoms with Gasteiger partial charge in [-0.15, -0.1) is 0 Å². The van der Waals surface area contributed by atoms with E-state index in [0.717, 1.165) is 18.2 Å². The van der Waals surface area contributed by atoms with Crippen molar-refractivity contribution in [1.29, 1.82) is 0 Å². The number of carbonyl (C=O) groups is 1. The Labute approximate surface area is 142 Å². The van der Waals surface area contributed by atoms with E-state index < -0.39 is 17.5 Å². The van der Waals surface area contributed by atoms with Crippen molar-refractivity contribution >= 4 is 6.29 Å². The van der Waals surface area contributed by atoms with E-state index in [4.69, 9.17) is 4.74 Å². The summed E-state index contributed by atoms with van der Waals surface area (Å²) < 4.78 is 47.4. The number of benzene rings is 3. The Morgan fingerprint density at radius 2 is 1.64 bits per heavy atom. The summed E-state index contributed by atoms with van der Waals surface area (Å²) in [5.74, 6) is -1.56. The number of hydrogen-bond acceptors (Lipinski definition) is 2. The van der Waals surface area contributed by atoms with Crippen LogP contribution in [0.3, 0.4) is 0 Å². The number of halogens is 3. The molecule has 3 aromatic carbocycles. The minimum Gasteiger partial charge on any atom is -0.489 e. The quantitative estimate of drug-likeness (QED) is 0.599. The summed E-state index contributed by atoms with van der Waals surface area (Å²) in [6, 6.07) is 13.7. The van der Waals surface area contributed by atoms with Crippen LogP contribution in [0.4, 0.5) is 13.2 Å². The van der Waals surface area contributed by atoms with Crippen LogP contribution >= 0.6 is 0 Å². The predicted octanol–water partition coefficient (Wildman–Crippen LogP) is 5.16. The van der Waals surface area contributed by atoms with Crippen LogP contribution in [0.1, 0.15) is 15.9 Å². The zero-order valence-electron chi connectivity index (χ0n) is 13.0. The molecule has 0 heterocycles. The molecule has 0 unspecified atom stereocenters. The fourth-order valence-corrected chi connectivity index (χ4v) is 2.41. The highest BCUT2D eigenvalue weighted by Gasteiger charge is 2.14. The fourth-order valence-electron chi connectivity index (χ4n) is 2.41. The standard InChI is InChI=1S/C20H13F3O2/c21-15-6-9-19(22)18(10-15)17-3-1-2-14(20(17)23)12-25-16-7-4-13(11-24)5-8-16/h1-11H,12H2. The second-order valence-electron chi connectivity index (χ2n) is 5.38. The van der Waals surface area contributed by atoms with Gasteiger partial charge in [-0.1, -0.05) is 18.2 Å². The van der Waals surface area contributed by atoms with Crippen LogP contribution in [-0.4, -0.2) is 6.29 Å². The molecule has 0 saturated heterocycles. The van der Waals surface area contributed by atoms with Gasteiger partial charge >= 0.3 is 0 Å². The van der Waals surface area contributed by atoms with Gasteiger partial charge in [0.15, 0.2) is 0 Å². The lowest BCUT2D eigenvalue weighted by molar-refractivity contribution is 0.112. The third-order valence-electron chi connectivity index (χ3n) is 3.71. The SMILES string of the molecule is O=Cc1ccc(OCc2cccc(-c3cc(F)ccc3F)c2F)cc1. The van der Waals surface area contributed by atoms with E-state index in [-0.39, 0.29) is 23.3 Å². The van der Waals surface area contributed by atoms with Crippen LogP contribution in [0.15, 0.2) is 60.7 Å². The topological polar surface area (TPSA) is 26.3 Å². The van der Waals surface area contributed by atoms with Gasteiger partial charge < -0.3 is 4.74 Å². The van der Waals surface area contributed by atoms with Gasteiger partial charge in [0.25, 0.3) is 0 Å². The maximum Gasteiger partial charge on any atom is 0.150 e. The molecule has 0 bridgehead atoms. The molecule has 0 saturated carbocycles. The van der Waals surface area contributed by atoms with E-state index in [9.17, 15) is 18.0 Å². The molecule has 0 spiro atoms. The highest BCUT2D eigenvalue weighted by molar-refractivity contribution is 5.74. The Morgan fingerprint density at radius 3 is 2.36 bits per heavy atom. The van der Waals surface area contributed by atoms with Gasteiger partial charge in [-0.3, -0.25) is 4.79 Å². The van der Waals surface area contributed by atoms with E-state index in [2.05, 4.69) is 0 Å². The predicted molar refractivity (Wildman–Crippen MR) is 87.9 cm³/mol. The summed E-state index contributed by atoms with van der Waals surface area (Å²) in [5, 5.41) is 0. The van der Waals surface area contributed by atoms with Crippen molar-refractivity contribution in [2.45, 2.75) is 6.61 Å². The van der Waals surface area contributed by atoms with E-state index in [1.165, 1.54) is 12.1 Å². The molecular weight excluding hydrogens is 329 g/mol. The largest absolute Gasteiger partial charge is 0.489 e. The van der Waals surface area contributed by atoms with Crippen LogP contribution in [0.2, 0.25) is 0 Å². The average Bonchev–Trinajstić information content (AvgIpc) is 2.63. The molecule has 0 aliphatic carbocycles. The number of rotatable bonds is 5. The second-order valence-corrected chi connectivity index (χ2v) is 5.38. The van der Waals surface area contributed by atoms with Crippen LogP contribution < -0.4 is 4.74 Å². The van der Waals surface area contributed by atoms with E-state index in [0.29, 0.717) is 17.6 Å². The monoisotopic (exact) mass is 342 g/mol. The van der Waals surface area contributed by atoms with Crippen molar-refractivity contribution < 1.29 is 22.7 Å². The molecule has 0 aliphatic rings. The number of hydrogen-bond donors (Lipinski definition) is 0. The lowest BCUT2D eigenvalue weighted by atomic mass is 10.0. The Kier molecular flexibility index (Phi) is 4.84. The molecule has 25 heavy (non-hydrogen) atoms. The Hall–Kier alpha value is -3.08. The summed E-state index contributed by atoms with van der Waals surface area (Å²) >= 11 is 0. The van der Waals surface area contributed by atoms with Gasteiger partial charge in [-0.2, -0.15) is 0 Å². The first-order valence-corrected chi connectivity index (χ1v) is 7.49. The molecular formula is C20H13F3O2. The minimum absolute atomic E-state index is 0.0330. The van der Waals surface area contributed by atoms with Crippen molar-refractivity contribution in [3.8, 4) is 16.9 Å². The molecule has 0 aromatic heterocycles. The number of ether oxygens (including phenoxy) is 1. The maximum atomic E-state index is 14.7. The van der Waals surface area contributed by atoms with Gasteiger partial charge in [0.1, 0.15) is 36.1 Å². The lowest BCUT2D eigenvalue weighted by Crippen LogP contribution is -2.01. The molecule has 0 atom stereocenters. The summed E-state index contributed by atoms with van der Waals surface area (Å²) in [4.78, 5) is 10.6. The Morgan fingerprint density at radius 1 is 0.880 bits per heavy atom. The Balaban J connectivity index is 1.85. The van der Waals surface area contributed by atoms with E-state index >= 15 is 0 Å². The molecule has 5 heteroatoms. The van der Waals surface area contributed by atoms with Crippen LogP contribution in [-0.2, 0) is 6.61 Å². The lowest BCUT2D eigenvalue weighted by Gasteiger charge is -2.11. The molecule has 126 valence electrons. The second kappa shape index (κ2) is 7.21. The zero-order valence-corrected chi connectivity index (χ0v) is 13.0. The van der Waals surface area contributed by atoms with Crippen LogP contribution in [0, 0.1) is 17.5 Å². The normalized spacial score (nSPS) is 10.5. The first-order valence-electron chi connectivity index (χ1n) is 7.49. The highest BCUT2D eigenvalue weighted by Crippen LogP contribution is 2.28. The molecule has 0 N–H and O–H groups in total. The average molecular weight is 342 g/mol. The van der Waals surface area contributed by atoms with E-state index in [1.807, 2.05) is 0 Å². The van der Waals surface area contributed by atoms with Crippen molar-refractivity contribution in [1.82, 2.24) is 0 Å². The van der Waals surface area contributed by atoms with Gasteiger partial charge in [0.2, 0.25) is 0 Å².